The molecule has 0 aromatic rings. The van der Waals surface area contributed by atoms with Gasteiger partial charge >= 0.3 is 0 Å². The van der Waals surface area contributed by atoms with Crippen LogP contribution in [0.5, 0.6) is 0 Å². The highest BCUT2D eigenvalue weighted by molar-refractivity contribution is 7.74. The van der Waals surface area contributed by atoms with Gasteiger partial charge in [0.15, 0.2) is 0 Å². The molecule has 0 saturated carbocycles. The largest absolute Gasteiger partial charge is 0.750 e. The minimum Gasteiger partial charge on any atom is -0.750 e. The third-order valence-corrected chi connectivity index (χ3v) is 1.51. The Morgan fingerprint density at radius 3 is 2.50 bits per heavy atom. The van der Waals surface area contributed by atoms with Crippen molar-refractivity contribution < 1.29 is 17.7 Å². The van der Waals surface area contributed by atoms with E-state index in [0.29, 0.717) is 0 Å². The molecule has 2 atom stereocenters. The quantitative estimate of drug-likeness (QED) is 0.597. The Morgan fingerprint density at radius 1 is 1.64 bits per heavy atom. The van der Waals surface area contributed by atoms with Crippen LogP contribution in [-0.4, -0.2) is 32.9 Å². The number of carbonyl (C=O) groups excluding carboxylic acids is 1. The summed E-state index contributed by atoms with van der Waals surface area (Å²) in [7, 11) is 0. The van der Waals surface area contributed by atoms with Gasteiger partial charge in [-0.3, -0.25) is 8.98 Å². The molecule has 0 saturated heterocycles. The van der Waals surface area contributed by atoms with E-state index in [1.807, 2.05) is 0 Å². The first-order chi connectivity index (χ1) is 6.22. The highest BCUT2D eigenvalue weighted by Gasteiger charge is 2.19. The third-order valence-electron chi connectivity index (χ3n) is 1.18. The molecular weight excluding hydrogens is 208 g/mol. The Bertz CT molecular complexity index is 226. The zero-order valence-corrected chi connectivity index (χ0v) is 9.22. The van der Waals surface area contributed by atoms with Gasteiger partial charge in [0.2, 0.25) is 5.91 Å². The molecule has 6 nitrogen and oxygen atoms in total. The van der Waals surface area contributed by atoms with E-state index in [0.717, 1.165) is 0 Å². The molecule has 14 heavy (non-hydrogen) atoms. The first kappa shape index (κ1) is 13.5. The Hall–Kier alpha value is -0.500. The van der Waals surface area contributed by atoms with Crippen molar-refractivity contribution in [1.29, 1.82) is 0 Å². The molecule has 1 unspecified atom stereocenters. The molecule has 84 valence electrons. The van der Waals surface area contributed by atoms with E-state index in [1.165, 1.54) is 0 Å². The highest BCUT2D eigenvalue weighted by atomic mass is 32.2. The van der Waals surface area contributed by atoms with Gasteiger partial charge in [-0.05, 0) is 20.8 Å². The third kappa shape index (κ3) is 6.96. The van der Waals surface area contributed by atoms with Crippen LogP contribution in [0.15, 0.2) is 0 Å². The van der Waals surface area contributed by atoms with Gasteiger partial charge in [-0.2, -0.15) is 0 Å². The summed E-state index contributed by atoms with van der Waals surface area (Å²) >= 11 is -2.64. The summed E-state index contributed by atoms with van der Waals surface area (Å²) in [6.07, 6.45) is 0. The maximum absolute atomic E-state index is 11.3. The van der Waals surface area contributed by atoms with Gasteiger partial charge in [-0.15, -0.1) is 0 Å². The lowest BCUT2D eigenvalue weighted by atomic mass is 10.1. The van der Waals surface area contributed by atoms with Crippen molar-refractivity contribution in [1.82, 2.24) is 5.32 Å². The number of hydrogen-bond donors (Lipinski definition) is 2. The standard InChI is InChI=1S/C7H16N2O4S/c1-7(2,3)9-6(10)5(8)4-13-14(11)12/h5H,4,8H2,1-3H3,(H,9,10)(H,11,12)/p-1/t5-/m0/s1. The smallest absolute Gasteiger partial charge is 0.239 e. The molecule has 7 heteroatoms. The molecule has 0 aliphatic heterocycles. The highest BCUT2D eigenvalue weighted by Crippen LogP contribution is 1.99. The lowest BCUT2D eigenvalue weighted by molar-refractivity contribution is -0.124. The number of rotatable bonds is 4. The van der Waals surface area contributed by atoms with Gasteiger partial charge in [-0.1, -0.05) is 0 Å². The summed E-state index contributed by atoms with van der Waals surface area (Å²) in [5, 5.41) is 2.60. The predicted octanol–water partition coefficient (Wildman–Crippen LogP) is -0.961. The molecule has 1 amide bonds. The molecule has 0 bridgehead atoms. The van der Waals surface area contributed by atoms with Crippen molar-refractivity contribution in [3.63, 3.8) is 0 Å². The summed E-state index contributed by atoms with van der Waals surface area (Å²) in [6.45, 7) is 5.04. The molecular formula is C7H15N2O4S-. The molecule has 0 aromatic carbocycles. The maximum Gasteiger partial charge on any atom is 0.239 e. The number of amides is 1. The van der Waals surface area contributed by atoms with Crippen molar-refractivity contribution in [3.8, 4) is 0 Å². The fraction of sp³-hybridized carbons (Fsp3) is 0.857. The van der Waals surface area contributed by atoms with Crippen LogP contribution in [-0.2, 0) is 20.3 Å². The van der Waals surface area contributed by atoms with E-state index >= 15 is 0 Å². The van der Waals surface area contributed by atoms with Crippen LogP contribution >= 0.6 is 0 Å². The number of hydrogen-bond acceptors (Lipinski definition) is 5. The minimum atomic E-state index is -2.64. The van der Waals surface area contributed by atoms with E-state index in [2.05, 4.69) is 9.50 Å². The van der Waals surface area contributed by atoms with Gasteiger partial charge in [0, 0.05) is 5.54 Å². The van der Waals surface area contributed by atoms with Crippen molar-refractivity contribution in [2.75, 3.05) is 6.61 Å². The summed E-state index contributed by atoms with van der Waals surface area (Å²) in [6, 6.07) is -0.980. The second-order valence-electron chi connectivity index (χ2n) is 3.83. The maximum atomic E-state index is 11.3. The molecule has 0 spiro atoms. The van der Waals surface area contributed by atoms with Crippen molar-refractivity contribution in [3.05, 3.63) is 0 Å². The summed E-state index contributed by atoms with van der Waals surface area (Å²) in [5.74, 6) is -0.442. The van der Waals surface area contributed by atoms with Gasteiger partial charge in [-0.25, -0.2) is 4.21 Å². The number of nitrogens with two attached hydrogens (primary N) is 1. The zero-order valence-electron chi connectivity index (χ0n) is 8.40. The van der Waals surface area contributed by atoms with E-state index in [-0.39, 0.29) is 6.61 Å². The second-order valence-corrected chi connectivity index (χ2v) is 4.48. The Kier molecular flexibility index (Phi) is 5.21. The average Bonchev–Trinajstić information content (AvgIpc) is 1.96. The molecule has 0 aromatic heterocycles. The summed E-state index contributed by atoms with van der Waals surface area (Å²) in [4.78, 5) is 11.3. The van der Waals surface area contributed by atoms with E-state index < -0.39 is 28.8 Å². The van der Waals surface area contributed by atoms with Crippen LogP contribution in [0.2, 0.25) is 0 Å². The van der Waals surface area contributed by atoms with Gasteiger partial charge < -0.3 is 15.6 Å². The van der Waals surface area contributed by atoms with E-state index in [9.17, 15) is 13.6 Å². The van der Waals surface area contributed by atoms with Crippen molar-refractivity contribution >= 4 is 17.3 Å². The zero-order chi connectivity index (χ0) is 11.4. The van der Waals surface area contributed by atoms with Gasteiger partial charge in [0.05, 0.1) is 18.0 Å². The molecule has 0 aliphatic rings. The fourth-order valence-corrected chi connectivity index (χ4v) is 0.925. The average molecular weight is 223 g/mol. The number of nitrogens with one attached hydrogen (secondary N) is 1. The first-order valence-corrected chi connectivity index (χ1v) is 5.02. The molecule has 0 fully saturated rings. The molecule has 0 heterocycles. The minimum absolute atomic E-state index is 0.349. The monoisotopic (exact) mass is 223 g/mol. The Morgan fingerprint density at radius 2 is 2.14 bits per heavy atom. The van der Waals surface area contributed by atoms with Crippen LogP contribution < -0.4 is 11.1 Å². The Balaban J connectivity index is 3.94. The lowest BCUT2D eigenvalue weighted by Crippen LogP contribution is -2.50. The SMILES string of the molecule is CC(C)(C)NC(=O)[C@@H](N)COS(=O)[O-]. The molecule has 3 N–H and O–H groups in total. The lowest BCUT2D eigenvalue weighted by Gasteiger charge is -2.23. The van der Waals surface area contributed by atoms with Crippen LogP contribution in [0.1, 0.15) is 20.8 Å². The van der Waals surface area contributed by atoms with Crippen molar-refractivity contribution in [2.24, 2.45) is 5.73 Å². The molecule has 0 radical (unpaired) electrons. The fourth-order valence-electron chi connectivity index (χ4n) is 0.667. The van der Waals surface area contributed by atoms with Crippen LogP contribution in [0.4, 0.5) is 0 Å². The second kappa shape index (κ2) is 5.40. The number of carbonyl (C=O) groups is 1. The van der Waals surface area contributed by atoms with Crippen LogP contribution in [0.3, 0.4) is 0 Å². The van der Waals surface area contributed by atoms with Gasteiger partial charge in [0.25, 0.3) is 0 Å². The van der Waals surface area contributed by atoms with E-state index in [1.54, 1.807) is 20.8 Å². The van der Waals surface area contributed by atoms with Gasteiger partial charge in [0.1, 0.15) is 6.04 Å². The molecule has 0 rings (SSSR count). The normalized spacial score (nSPS) is 16.1. The topological polar surface area (TPSA) is 104 Å². The van der Waals surface area contributed by atoms with E-state index in [4.69, 9.17) is 5.73 Å². The Labute approximate surface area is 85.7 Å². The van der Waals surface area contributed by atoms with Crippen LogP contribution in [0, 0.1) is 0 Å². The summed E-state index contributed by atoms with van der Waals surface area (Å²) in [5.41, 5.74) is 4.96. The summed E-state index contributed by atoms with van der Waals surface area (Å²) < 4.78 is 24.2. The van der Waals surface area contributed by atoms with Crippen molar-refractivity contribution in [2.45, 2.75) is 32.4 Å². The first-order valence-electron chi connectivity index (χ1n) is 4.02. The van der Waals surface area contributed by atoms with Crippen LogP contribution in [0.25, 0.3) is 0 Å². The molecule has 0 aliphatic carbocycles. The predicted molar refractivity (Wildman–Crippen MR) is 50.7 cm³/mol.